The number of nitrogens with zero attached hydrogens (tertiary/aromatic N) is 2. The van der Waals surface area contributed by atoms with E-state index in [2.05, 4.69) is 6.07 Å². The molecule has 1 aromatic carbocycles. The molecule has 13 nitrogen and oxygen atoms in total. The number of esters is 4. The smallest absolute Gasteiger partial charge is 0.303 e. The van der Waals surface area contributed by atoms with Crippen molar-refractivity contribution in [2.45, 2.75) is 78.1 Å². The predicted octanol–water partition coefficient (Wildman–Crippen LogP) is 2.71. The van der Waals surface area contributed by atoms with Gasteiger partial charge in [-0.3, -0.25) is 24.0 Å². The lowest BCUT2D eigenvalue weighted by Crippen LogP contribution is -2.66. The molecule has 0 N–H and O–H groups in total. The number of hydrogen-bond donors (Lipinski definition) is 1. The molecule has 2 aliphatic rings. The Labute approximate surface area is 260 Å². The number of carbonyl (C=O) groups excluding carboxylic acids is 5. The average Bonchev–Trinajstić information content (AvgIpc) is 2.93. The Morgan fingerprint density at radius 1 is 0.886 bits per heavy atom. The van der Waals surface area contributed by atoms with Gasteiger partial charge in [-0.05, 0) is 31.5 Å². The van der Waals surface area contributed by atoms with Gasteiger partial charge < -0.3 is 33.3 Å². The van der Waals surface area contributed by atoms with Crippen LogP contribution in [-0.2, 0) is 47.7 Å². The summed E-state index contributed by atoms with van der Waals surface area (Å²) in [5.41, 5.74) is 1.20. The quantitative estimate of drug-likeness (QED) is 0.240. The zero-order valence-corrected chi connectivity index (χ0v) is 26.2. The molecule has 0 radical (unpaired) electrons. The van der Waals surface area contributed by atoms with Crippen LogP contribution < -0.4 is 4.74 Å². The Morgan fingerprint density at radius 3 is 1.91 bits per heavy atom. The molecular formula is C30H34N2O11S. The lowest BCUT2D eigenvalue weighted by molar-refractivity contribution is -0.271. The Kier molecular flexibility index (Phi) is 11.2. The standard InChI is InChI=1S/C30H34N2O11S/c1-14-24(15(2)33)25(20-8-10-21(38-7)11-9-20)22(12-31)30(44)32(14)29-28(42-19(6)37)27(41-18(5)36)26(40-17(4)35)23(43-29)13-39-16(3)34/h8-11,23,25-29,44H,13H2,1-7H3/t23-,25+,26+,27+,28+,29+/m0/s1. The van der Waals surface area contributed by atoms with E-state index in [1.165, 1.54) is 18.9 Å². The molecule has 0 aliphatic carbocycles. The topological polar surface area (TPSA) is 168 Å². The number of carbonyl (C=O) groups is 5. The fraction of sp³-hybridized carbons (Fsp3) is 0.467. The van der Waals surface area contributed by atoms with Gasteiger partial charge in [-0.1, -0.05) is 12.1 Å². The van der Waals surface area contributed by atoms with Gasteiger partial charge in [0.2, 0.25) is 0 Å². The molecule has 6 atom stereocenters. The number of nitriles is 1. The van der Waals surface area contributed by atoms with Crippen molar-refractivity contribution in [1.29, 1.82) is 5.26 Å². The first-order valence-corrected chi connectivity index (χ1v) is 13.9. The Bertz CT molecular complexity index is 1430. The number of benzene rings is 1. The van der Waals surface area contributed by atoms with Crippen LogP contribution in [0, 0.1) is 11.3 Å². The molecule has 14 heteroatoms. The lowest BCUT2D eigenvalue weighted by Gasteiger charge is -2.50. The monoisotopic (exact) mass is 630 g/mol. The summed E-state index contributed by atoms with van der Waals surface area (Å²) in [4.78, 5) is 63.1. The maximum absolute atomic E-state index is 13.2. The highest BCUT2D eigenvalue weighted by Crippen LogP contribution is 2.46. The largest absolute Gasteiger partial charge is 0.497 e. The molecule has 0 bridgehead atoms. The minimum absolute atomic E-state index is 0.0525. The van der Waals surface area contributed by atoms with E-state index in [9.17, 15) is 29.2 Å². The molecule has 2 aliphatic heterocycles. The van der Waals surface area contributed by atoms with Crippen LogP contribution in [-0.4, -0.2) is 78.9 Å². The Morgan fingerprint density at radius 2 is 1.43 bits per heavy atom. The van der Waals surface area contributed by atoms with Crippen molar-refractivity contribution in [3.63, 3.8) is 0 Å². The number of hydrogen-bond acceptors (Lipinski definition) is 14. The van der Waals surface area contributed by atoms with Crippen LogP contribution in [0.3, 0.4) is 0 Å². The highest BCUT2D eigenvalue weighted by Gasteiger charge is 2.55. The normalized spacial score (nSPS) is 25.0. The zero-order chi connectivity index (χ0) is 32.9. The van der Waals surface area contributed by atoms with E-state index in [0.717, 1.165) is 27.7 Å². The molecule has 0 amide bonds. The van der Waals surface area contributed by atoms with Gasteiger partial charge in [0.25, 0.3) is 0 Å². The molecule has 1 saturated heterocycles. The van der Waals surface area contributed by atoms with E-state index in [4.69, 9.17) is 41.0 Å². The summed E-state index contributed by atoms with van der Waals surface area (Å²) in [6.07, 6.45) is -6.97. The fourth-order valence-electron chi connectivity index (χ4n) is 5.33. The van der Waals surface area contributed by atoms with E-state index in [1.54, 1.807) is 31.2 Å². The minimum atomic E-state index is -1.47. The highest BCUT2D eigenvalue weighted by molar-refractivity contribution is 7.84. The summed E-state index contributed by atoms with van der Waals surface area (Å²) < 4.78 is 33.3. The second kappa shape index (κ2) is 14.4. The molecule has 3 rings (SSSR count). The first kappa shape index (κ1) is 34.1. The second-order valence-electron chi connectivity index (χ2n) is 10.1. The van der Waals surface area contributed by atoms with Crippen LogP contribution in [0.4, 0.5) is 0 Å². The number of methoxy groups -OCH3 is 1. The van der Waals surface area contributed by atoms with Gasteiger partial charge in [0, 0.05) is 39.0 Å². The van der Waals surface area contributed by atoms with Crippen molar-refractivity contribution < 1.29 is 52.4 Å². The third-order valence-electron chi connectivity index (χ3n) is 6.97. The first-order chi connectivity index (χ1) is 20.7. The lowest BCUT2D eigenvalue weighted by atomic mass is 9.80. The second-order valence-corrected chi connectivity index (χ2v) is 10.5. The fourth-order valence-corrected chi connectivity index (χ4v) is 5.77. The Hall–Kier alpha value is -4.35. The number of ether oxygens (including phenoxy) is 6. The van der Waals surface area contributed by atoms with Crippen LogP contribution in [0.25, 0.3) is 0 Å². The molecule has 44 heavy (non-hydrogen) atoms. The Balaban J connectivity index is 2.28. The zero-order valence-electron chi connectivity index (χ0n) is 25.3. The number of ketones is 1. The third-order valence-corrected chi connectivity index (χ3v) is 7.42. The van der Waals surface area contributed by atoms with Gasteiger partial charge in [-0.25, -0.2) is 0 Å². The van der Waals surface area contributed by atoms with Gasteiger partial charge in [0.15, 0.2) is 30.3 Å². The van der Waals surface area contributed by atoms with Crippen molar-refractivity contribution >= 4 is 42.3 Å². The summed E-state index contributed by atoms with van der Waals surface area (Å²) in [7, 11) is 1.51. The number of thiol groups is 1. The molecule has 0 spiro atoms. The van der Waals surface area contributed by atoms with E-state index < -0.39 is 67.0 Å². The van der Waals surface area contributed by atoms with Crippen LogP contribution in [0.1, 0.15) is 53.0 Å². The summed E-state index contributed by atoms with van der Waals surface area (Å²) in [5.74, 6) is -3.67. The number of allylic oxidation sites excluding steroid dienone is 3. The van der Waals surface area contributed by atoms with E-state index in [1.807, 2.05) is 0 Å². The molecule has 0 saturated carbocycles. The molecule has 0 unspecified atom stereocenters. The van der Waals surface area contributed by atoms with Crippen LogP contribution in [0.15, 0.2) is 46.1 Å². The van der Waals surface area contributed by atoms with Gasteiger partial charge in [-0.15, -0.1) is 12.6 Å². The highest BCUT2D eigenvalue weighted by atomic mass is 32.1. The van der Waals surface area contributed by atoms with Gasteiger partial charge in [0.1, 0.15) is 18.5 Å². The summed E-state index contributed by atoms with van der Waals surface area (Å²) in [5, 5.41) is 10.4. The van der Waals surface area contributed by atoms with Crippen molar-refractivity contribution in [3.8, 4) is 11.8 Å². The van der Waals surface area contributed by atoms with Crippen molar-refractivity contribution in [2.75, 3.05) is 13.7 Å². The maximum Gasteiger partial charge on any atom is 0.303 e. The van der Waals surface area contributed by atoms with Crippen LogP contribution in [0.2, 0.25) is 0 Å². The average molecular weight is 631 g/mol. The van der Waals surface area contributed by atoms with Crippen molar-refractivity contribution in [2.24, 2.45) is 0 Å². The molecule has 2 heterocycles. The summed E-state index contributed by atoms with van der Waals surface area (Å²) >= 11 is 4.70. The molecule has 1 aromatic rings. The third kappa shape index (κ3) is 7.40. The number of Topliss-reactive ketones (excluding diaryl/α,β-unsaturated/α-hetero) is 1. The first-order valence-electron chi connectivity index (χ1n) is 13.5. The predicted molar refractivity (Wildman–Crippen MR) is 155 cm³/mol. The van der Waals surface area contributed by atoms with Gasteiger partial charge in [-0.2, -0.15) is 5.26 Å². The molecule has 0 aromatic heterocycles. The van der Waals surface area contributed by atoms with Crippen molar-refractivity contribution in [3.05, 3.63) is 51.7 Å². The summed E-state index contributed by atoms with van der Waals surface area (Å²) in [6, 6.07) is 8.99. The molecule has 236 valence electrons. The van der Waals surface area contributed by atoms with Crippen LogP contribution >= 0.6 is 12.6 Å². The SMILES string of the molecule is COc1ccc([C@@H]2C(C#N)=C(S)N([C@@H]3O[C@@H](COC(C)=O)[C@@H](OC(C)=O)[C@@H](OC(C)=O)[C@H]3OC(C)=O)C(C)=C2C(C)=O)cc1. The van der Waals surface area contributed by atoms with Gasteiger partial charge >= 0.3 is 23.9 Å². The van der Waals surface area contributed by atoms with E-state index in [-0.39, 0.29) is 22.0 Å². The minimum Gasteiger partial charge on any atom is -0.497 e. The molecular weight excluding hydrogens is 596 g/mol. The van der Waals surface area contributed by atoms with Gasteiger partial charge in [0.05, 0.1) is 29.7 Å². The summed E-state index contributed by atoms with van der Waals surface area (Å²) in [6.45, 7) is 7.00. The van der Waals surface area contributed by atoms with Crippen molar-refractivity contribution in [1.82, 2.24) is 4.90 Å². The van der Waals surface area contributed by atoms with E-state index >= 15 is 0 Å². The van der Waals surface area contributed by atoms with Crippen LogP contribution in [0.5, 0.6) is 5.75 Å². The number of rotatable bonds is 9. The van der Waals surface area contributed by atoms with E-state index in [0.29, 0.717) is 17.0 Å². The maximum atomic E-state index is 13.2. The molecule has 1 fully saturated rings.